The maximum atomic E-state index is 15.7. The van der Waals surface area contributed by atoms with E-state index in [-0.39, 0.29) is 47.1 Å². The van der Waals surface area contributed by atoms with Gasteiger partial charge in [-0.25, -0.2) is 18.2 Å². The number of carbonyl (C=O) groups is 4. The van der Waals surface area contributed by atoms with E-state index >= 15 is 4.39 Å². The van der Waals surface area contributed by atoms with Crippen molar-refractivity contribution >= 4 is 61.3 Å². The number of anilines is 1. The molecule has 10 rings (SSSR count). The smallest absolute Gasteiger partial charge is 0.329 e. The van der Waals surface area contributed by atoms with Crippen molar-refractivity contribution in [3.63, 3.8) is 0 Å². The van der Waals surface area contributed by atoms with Gasteiger partial charge in [-0.3, -0.25) is 33.6 Å². The first-order valence-electron chi connectivity index (χ1n) is 17.9. The monoisotopic (exact) mass is 760 g/mol. The number of imidazole rings is 1. The normalized spacial score (nSPS) is 26.4. The van der Waals surface area contributed by atoms with Gasteiger partial charge in [-0.2, -0.15) is 8.42 Å². The first-order chi connectivity index (χ1) is 25.7. The van der Waals surface area contributed by atoms with E-state index in [0.29, 0.717) is 65.4 Å². The molecular formula is C37H37FN6O9S. The van der Waals surface area contributed by atoms with E-state index in [1.54, 1.807) is 23.9 Å². The summed E-state index contributed by atoms with van der Waals surface area (Å²) in [5.74, 6) is -2.54. The number of hydrogen-bond donors (Lipinski definition) is 3. The molecule has 2 bridgehead atoms. The maximum absolute atomic E-state index is 15.7. The number of phenols is 1. The number of likely N-dealkylation sites (tertiary alicyclic amines) is 1. The zero-order valence-electron chi connectivity index (χ0n) is 29.3. The zero-order chi connectivity index (χ0) is 37.9. The summed E-state index contributed by atoms with van der Waals surface area (Å²) in [6, 6.07) is 11.0. The van der Waals surface area contributed by atoms with Gasteiger partial charge in [-0.15, -0.1) is 0 Å². The number of nitrogens with one attached hydrogen (secondary N) is 2. The van der Waals surface area contributed by atoms with Crippen molar-refractivity contribution in [1.82, 2.24) is 24.1 Å². The van der Waals surface area contributed by atoms with Crippen molar-refractivity contribution in [2.45, 2.75) is 56.9 Å². The Morgan fingerprint density at radius 1 is 0.981 bits per heavy atom. The maximum Gasteiger partial charge on any atom is 0.329 e. The van der Waals surface area contributed by atoms with E-state index in [4.69, 9.17) is 4.74 Å². The SMILES string of the molecule is Cn1c(=O)n(C2CCC(=O)NC2=O)c2ccc(C3CCN(C(=O)C45CC(COc6ccc7cc(O)c(N8CC(=O)NS8(=O)=O)c(F)c7c6)(C4)C5)CC3)cc21. The molecule has 1 aromatic heterocycles. The number of carbonyl (C=O) groups excluding carboxylic acids is 4. The molecule has 4 aromatic rings. The van der Waals surface area contributed by atoms with Gasteiger partial charge in [-0.05, 0) is 85.7 Å². The number of aromatic hydroxyl groups is 1. The third-order valence-corrected chi connectivity index (χ3v) is 13.5. The molecule has 3 saturated carbocycles. The van der Waals surface area contributed by atoms with Crippen LogP contribution in [-0.4, -0.2) is 77.4 Å². The Labute approximate surface area is 307 Å². The fourth-order valence-corrected chi connectivity index (χ4v) is 10.7. The lowest BCUT2D eigenvalue weighted by Crippen LogP contribution is -2.70. The second-order valence-corrected chi connectivity index (χ2v) is 17.2. The number of aryl methyl sites for hydroxylation is 1. The van der Waals surface area contributed by atoms with Gasteiger partial charge in [0.1, 0.15) is 29.8 Å². The number of amides is 4. The number of nitrogens with zero attached hydrogens (tertiary/aromatic N) is 4. The summed E-state index contributed by atoms with van der Waals surface area (Å²) in [6.07, 6.45) is 4.08. The summed E-state index contributed by atoms with van der Waals surface area (Å²) < 4.78 is 51.7. The second kappa shape index (κ2) is 11.8. The Hall–Kier alpha value is -5.45. The van der Waals surface area contributed by atoms with Crippen LogP contribution >= 0.6 is 0 Å². The minimum Gasteiger partial charge on any atom is -0.506 e. The molecule has 3 N–H and O–H groups in total. The molecule has 1 unspecified atom stereocenters. The highest BCUT2D eigenvalue weighted by Crippen LogP contribution is 2.74. The highest BCUT2D eigenvalue weighted by molar-refractivity contribution is 7.92. The van der Waals surface area contributed by atoms with Crippen LogP contribution in [0.25, 0.3) is 21.8 Å². The fraction of sp³-hybridized carbons (Fsp3) is 0.432. The third kappa shape index (κ3) is 5.18. The molecule has 3 aliphatic carbocycles. The Balaban J connectivity index is 0.820. The van der Waals surface area contributed by atoms with Gasteiger partial charge in [0, 0.05) is 37.4 Å². The zero-order valence-corrected chi connectivity index (χ0v) is 30.1. The van der Waals surface area contributed by atoms with Crippen molar-refractivity contribution in [3.05, 3.63) is 64.3 Å². The minimum atomic E-state index is -4.34. The molecule has 4 heterocycles. The van der Waals surface area contributed by atoms with Crippen molar-refractivity contribution in [3.8, 4) is 11.5 Å². The summed E-state index contributed by atoms with van der Waals surface area (Å²) in [5, 5.41) is 13.1. The van der Waals surface area contributed by atoms with Gasteiger partial charge in [0.05, 0.1) is 23.1 Å². The van der Waals surface area contributed by atoms with E-state index in [2.05, 4.69) is 5.32 Å². The molecule has 54 heavy (non-hydrogen) atoms. The van der Waals surface area contributed by atoms with Gasteiger partial charge in [0.2, 0.25) is 17.7 Å². The topological polar surface area (TPSA) is 189 Å². The van der Waals surface area contributed by atoms with Crippen LogP contribution in [0.3, 0.4) is 0 Å². The standard InChI is InChI=1S/C37H37FN6O9S/c1-41-27-12-21(3-5-25(27)44(35(41)50)26-6-7-29(46)39-33(26)48)20-8-10-42(11-9-20)34(49)37-16-36(17-37,18-37)19-53-23-4-2-22-13-28(45)32(31(38)24(22)14-23)43-15-30(47)40-54(43,51)52/h2-5,12-14,20,26,45H,6-11,15-19H2,1H3,(H,40,47)(H,39,46,48). The summed E-state index contributed by atoms with van der Waals surface area (Å²) in [5.41, 5.74) is 0.943. The van der Waals surface area contributed by atoms with Gasteiger partial charge < -0.3 is 14.7 Å². The number of hydrogen-bond acceptors (Lipinski definition) is 9. The van der Waals surface area contributed by atoms with Crippen molar-refractivity contribution in [1.29, 1.82) is 0 Å². The number of rotatable bonds is 7. The number of halogens is 1. The van der Waals surface area contributed by atoms with E-state index < -0.39 is 57.3 Å². The van der Waals surface area contributed by atoms with Crippen LogP contribution in [-0.2, 0) is 36.4 Å². The number of phenolic OH excluding ortho intramolecular Hbond substituents is 1. The molecule has 3 aliphatic heterocycles. The molecule has 6 aliphatic rings. The fourth-order valence-electron chi connectivity index (χ4n) is 9.51. The summed E-state index contributed by atoms with van der Waals surface area (Å²) in [4.78, 5) is 64.8. The van der Waals surface area contributed by atoms with Crippen molar-refractivity contribution in [2.75, 3.05) is 30.5 Å². The molecule has 15 nitrogen and oxygen atoms in total. The van der Waals surface area contributed by atoms with Gasteiger partial charge in [0.25, 0.3) is 5.91 Å². The summed E-state index contributed by atoms with van der Waals surface area (Å²) >= 11 is 0. The lowest BCUT2D eigenvalue weighted by molar-refractivity contribution is -0.226. The molecule has 0 spiro atoms. The van der Waals surface area contributed by atoms with Crippen LogP contribution in [0.15, 0.2) is 47.3 Å². The molecular weight excluding hydrogens is 724 g/mol. The van der Waals surface area contributed by atoms with Gasteiger partial charge in [-0.1, -0.05) is 12.1 Å². The van der Waals surface area contributed by atoms with Gasteiger partial charge >= 0.3 is 15.9 Å². The number of piperidine rings is 2. The Kier molecular flexibility index (Phi) is 7.48. The average Bonchev–Trinajstić information content (AvgIpc) is 3.52. The number of aromatic nitrogens is 2. The number of ether oxygens (including phenoxy) is 1. The molecule has 4 amide bonds. The van der Waals surface area contributed by atoms with Crippen LogP contribution in [0, 0.1) is 16.6 Å². The largest absolute Gasteiger partial charge is 0.506 e. The lowest BCUT2D eigenvalue weighted by atomic mass is 9.35. The lowest BCUT2D eigenvalue weighted by Gasteiger charge is -2.69. The predicted molar refractivity (Wildman–Crippen MR) is 191 cm³/mol. The van der Waals surface area contributed by atoms with Crippen LogP contribution in [0.2, 0.25) is 0 Å². The van der Waals surface area contributed by atoms with E-state index in [9.17, 15) is 37.5 Å². The molecule has 17 heteroatoms. The van der Waals surface area contributed by atoms with Crippen LogP contribution in [0.4, 0.5) is 10.1 Å². The van der Waals surface area contributed by atoms with E-state index in [1.807, 2.05) is 23.1 Å². The minimum absolute atomic E-state index is 0.0251. The average molecular weight is 761 g/mol. The van der Waals surface area contributed by atoms with Crippen LogP contribution in [0.5, 0.6) is 11.5 Å². The molecule has 3 aromatic carbocycles. The molecule has 1 atom stereocenters. The predicted octanol–water partition coefficient (Wildman–Crippen LogP) is 2.45. The number of fused-ring (bicyclic) bond motifs is 2. The number of imide groups is 1. The summed E-state index contributed by atoms with van der Waals surface area (Å²) in [6.45, 7) is 0.912. The molecule has 6 fully saturated rings. The van der Waals surface area contributed by atoms with E-state index in [1.165, 1.54) is 21.3 Å². The Morgan fingerprint density at radius 3 is 2.41 bits per heavy atom. The highest BCUT2D eigenvalue weighted by atomic mass is 32.2. The summed E-state index contributed by atoms with van der Waals surface area (Å²) in [7, 11) is -2.66. The Morgan fingerprint density at radius 2 is 1.72 bits per heavy atom. The van der Waals surface area contributed by atoms with Crippen molar-refractivity contribution < 1.29 is 41.8 Å². The van der Waals surface area contributed by atoms with Crippen molar-refractivity contribution in [2.24, 2.45) is 17.9 Å². The quantitative estimate of drug-likeness (QED) is 0.238. The number of benzene rings is 3. The molecule has 3 saturated heterocycles. The van der Waals surface area contributed by atoms with Crippen LogP contribution < -0.4 is 24.8 Å². The highest BCUT2D eigenvalue weighted by Gasteiger charge is 2.72. The third-order valence-electron chi connectivity index (χ3n) is 12.1. The first-order valence-corrected chi connectivity index (χ1v) is 19.4. The molecule has 0 radical (unpaired) electrons. The van der Waals surface area contributed by atoms with E-state index in [0.717, 1.165) is 18.4 Å². The Bertz CT molecular complexity index is 2500. The second-order valence-electron chi connectivity index (χ2n) is 15.6. The molecule has 282 valence electrons. The van der Waals surface area contributed by atoms with Gasteiger partial charge in [0.15, 0.2) is 5.82 Å². The van der Waals surface area contributed by atoms with Crippen LogP contribution in [0.1, 0.15) is 62.5 Å². The first kappa shape index (κ1) is 34.3.